The smallest absolute Gasteiger partial charge is 0.304 e. The number of hydrogen-bond acceptors (Lipinski definition) is 6. The molecular weight excluding hydrogens is 368 g/mol. The van der Waals surface area contributed by atoms with E-state index in [-0.39, 0.29) is 0 Å². The van der Waals surface area contributed by atoms with Crippen LogP contribution in [0.25, 0.3) is 0 Å². The average Bonchev–Trinajstić information content (AvgIpc) is 3.08. The molecule has 6 heteroatoms. The Balaban J connectivity index is 1.97. The van der Waals surface area contributed by atoms with Crippen LogP contribution in [0.5, 0.6) is 11.5 Å². The Morgan fingerprint density at radius 2 is 1.52 bits per heavy atom. The minimum absolute atomic E-state index is 0.410. The predicted octanol–water partition coefficient (Wildman–Crippen LogP) is 4.04. The standard InChI is InChI=1S/C23H20N2O4/c1-15(26)29-23(17-6-10-19(28-3)11-7-17)20-12-13-24-14-21(20)25-22(23)16-4-8-18(27-2)9-5-16/h4-14H,1-3H3. The molecule has 6 nitrogen and oxygen atoms in total. The van der Waals surface area contributed by atoms with Crippen LogP contribution in [0.4, 0.5) is 5.69 Å². The summed E-state index contributed by atoms with van der Waals surface area (Å²) >= 11 is 0. The quantitative estimate of drug-likeness (QED) is 0.617. The van der Waals surface area contributed by atoms with Crippen molar-refractivity contribution in [3.8, 4) is 11.5 Å². The van der Waals surface area contributed by atoms with E-state index in [1.807, 2.05) is 54.6 Å². The maximum atomic E-state index is 12.3. The molecule has 0 saturated heterocycles. The van der Waals surface area contributed by atoms with E-state index >= 15 is 0 Å². The SMILES string of the molecule is COc1ccc(C2=Nc3cnccc3C2(OC(C)=O)c2ccc(OC)cc2)cc1. The third-order valence-electron chi connectivity index (χ3n) is 4.90. The van der Waals surface area contributed by atoms with Crippen LogP contribution in [0.3, 0.4) is 0 Å². The molecule has 1 atom stereocenters. The van der Waals surface area contributed by atoms with Gasteiger partial charge in [-0.3, -0.25) is 9.78 Å². The van der Waals surface area contributed by atoms with Gasteiger partial charge in [0.2, 0.25) is 5.60 Å². The van der Waals surface area contributed by atoms with Gasteiger partial charge in [-0.1, -0.05) is 12.1 Å². The molecule has 3 aromatic rings. The Morgan fingerprint density at radius 1 is 0.897 bits per heavy atom. The van der Waals surface area contributed by atoms with Gasteiger partial charge >= 0.3 is 5.97 Å². The maximum absolute atomic E-state index is 12.3. The third kappa shape index (κ3) is 3.12. The molecule has 0 bridgehead atoms. The lowest BCUT2D eigenvalue weighted by Crippen LogP contribution is -2.39. The summed E-state index contributed by atoms with van der Waals surface area (Å²) in [6, 6.07) is 16.8. The molecule has 1 aliphatic heterocycles. The molecule has 0 aliphatic carbocycles. The molecule has 4 rings (SSSR count). The molecule has 0 saturated carbocycles. The lowest BCUT2D eigenvalue weighted by Gasteiger charge is -2.32. The number of fused-ring (bicyclic) bond motifs is 1. The van der Waals surface area contributed by atoms with Gasteiger partial charge in [0.05, 0.1) is 26.1 Å². The summed E-state index contributed by atoms with van der Waals surface area (Å²) < 4.78 is 16.6. The number of carbonyl (C=O) groups is 1. The van der Waals surface area contributed by atoms with Crippen LogP contribution in [0.1, 0.15) is 23.6 Å². The molecule has 2 heterocycles. The molecule has 1 unspecified atom stereocenters. The van der Waals surface area contributed by atoms with Crippen LogP contribution in [0.2, 0.25) is 0 Å². The van der Waals surface area contributed by atoms with Crippen molar-refractivity contribution in [3.63, 3.8) is 0 Å². The van der Waals surface area contributed by atoms with Crippen molar-refractivity contribution in [2.45, 2.75) is 12.5 Å². The molecule has 2 aromatic carbocycles. The monoisotopic (exact) mass is 388 g/mol. The number of methoxy groups -OCH3 is 2. The fraction of sp³-hybridized carbons (Fsp3) is 0.174. The average molecular weight is 388 g/mol. The number of aromatic nitrogens is 1. The van der Waals surface area contributed by atoms with Gasteiger partial charge in [-0.05, 0) is 42.5 Å². The third-order valence-corrected chi connectivity index (χ3v) is 4.90. The molecule has 0 N–H and O–H groups in total. The first kappa shape index (κ1) is 18.7. The minimum Gasteiger partial charge on any atom is -0.497 e. The zero-order valence-electron chi connectivity index (χ0n) is 16.4. The number of rotatable bonds is 5. The number of ether oxygens (including phenoxy) is 3. The van der Waals surface area contributed by atoms with E-state index in [1.54, 1.807) is 26.6 Å². The van der Waals surface area contributed by atoms with Gasteiger partial charge in [-0.2, -0.15) is 0 Å². The number of pyridine rings is 1. The Bertz CT molecular complexity index is 1070. The van der Waals surface area contributed by atoms with Gasteiger partial charge in [0, 0.05) is 29.8 Å². The molecular formula is C23H20N2O4. The largest absolute Gasteiger partial charge is 0.497 e. The highest BCUT2D eigenvalue weighted by molar-refractivity contribution is 6.14. The van der Waals surface area contributed by atoms with E-state index in [0.29, 0.717) is 17.1 Å². The normalized spacial score (nSPS) is 17.3. The number of aliphatic imine (C=N–C) groups is 1. The lowest BCUT2D eigenvalue weighted by atomic mass is 9.81. The summed E-state index contributed by atoms with van der Waals surface area (Å²) in [5.41, 5.74) is 2.44. The number of nitrogens with zero attached hydrogens (tertiary/aromatic N) is 2. The summed E-state index contributed by atoms with van der Waals surface area (Å²) in [6.07, 6.45) is 3.35. The highest BCUT2D eigenvalue weighted by atomic mass is 16.6. The molecule has 0 radical (unpaired) electrons. The van der Waals surface area contributed by atoms with Crippen LogP contribution < -0.4 is 9.47 Å². The second-order valence-corrected chi connectivity index (χ2v) is 6.59. The van der Waals surface area contributed by atoms with Gasteiger partial charge < -0.3 is 14.2 Å². The summed E-state index contributed by atoms with van der Waals surface area (Å²) in [4.78, 5) is 21.2. The first-order chi connectivity index (χ1) is 14.1. The molecule has 0 amide bonds. The van der Waals surface area contributed by atoms with Gasteiger partial charge in [0.25, 0.3) is 0 Å². The molecule has 0 spiro atoms. The topological polar surface area (TPSA) is 70.0 Å². The second kappa shape index (κ2) is 7.39. The number of hydrogen-bond donors (Lipinski definition) is 0. The molecule has 1 aromatic heterocycles. The number of carbonyl (C=O) groups excluding carboxylic acids is 1. The molecule has 29 heavy (non-hydrogen) atoms. The predicted molar refractivity (Wildman–Crippen MR) is 109 cm³/mol. The minimum atomic E-state index is -1.19. The van der Waals surface area contributed by atoms with Crippen molar-refractivity contribution >= 4 is 17.4 Å². The van der Waals surface area contributed by atoms with Crippen molar-refractivity contribution in [1.82, 2.24) is 4.98 Å². The van der Waals surface area contributed by atoms with Crippen molar-refractivity contribution in [2.75, 3.05) is 14.2 Å². The van der Waals surface area contributed by atoms with E-state index < -0.39 is 11.6 Å². The van der Waals surface area contributed by atoms with Gasteiger partial charge in [-0.25, -0.2) is 4.99 Å². The van der Waals surface area contributed by atoms with Crippen molar-refractivity contribution in [1.29, 1.82) is 0 Å². The summed E-state index contributed by atoms with van der Waals surface area (Å²) in [6.45, 7) is 1.40. The summed E-state index contributed by atoms with van der Waals surface area (Å²) in [7, 11) is 3.22. The van der Waals surface area contributed by atoms with E-state index in [9.17, 15) is 4.79 Å². The van der Waals surface area contributed by atoms with Crippen LogP contribution >= 0.6 is 0 Å². The first-order valence-corrected chi connectivity index (χ1v) is 9.10. The Morgan fingerprint density at radius 3 is 2.10 bits per heavy atom. The Labute approximate surface area is 168 Å². The Kier molecular flexibility index (Phi) is 4.76. The molecule has 1 aliphatic rings. The summed E-state index contributed by atoms with van der Waals surface area (Å²) in [5, 5.41) is 0. The Hall–Kier alpha value is -3.67. The van der Waals surface area contributed by atoms with Crippen LogP contribution in [0.15, 0.2) is 72.0 Å². The van der Waals surface area contributed by atoms with E-state index in [2.05, 4.69) is 4.98 Å². The van der Waals surface area contributed by atoms with Crippen LogP contribution in [-0.4, -0.2) is 30.9 Å². The highest BCUT2D eigenvalue weighted by Crippen LogP contribution is 2.47. The fourth-order valence-electron chi connectivity index (χ4n) is 3.61. The van der Waals surface area contributed by atoms with E-state index in [0.717, 1.165) is 22.4 Å². The van der Waals surface area contributed by atoms with Gasteiger partial charge in [-0.15, -0.1) is 0 Å². The lowest BCUT2D eigenvalue weighted by molar-refractivity contribution is -0.148. The molecule has 146 valence electrons. The summed E-state index contributed by atoms with van der Waals surface area (Å²) in [5.74, 6) is 1.03. The second-order valence-electron chi connectivity index (χ2n) is 6.59. The highest BCUT2D eigenvalue weighted by Gasteiger charge is 2.49. The van der Waals surface area contributed by atoms with Gasteiger partial charge in [0.1, 0.15) is 17.2 Å². The van der Waals surface area contributed by atoms with Crippen LogP contribution in [-0.2, 0) is 15.1 Å². The number of esters is 1. The molecule has 0 fully saturated rings. The fourth-order valence-corrected chi connectivity index (χ4v) is 3.61. The zero-order chi connectivity index (χ0) is 20.4. The van der Waals surface area contributed by atoms with E-state index in [4.69, 9.17) is 19.2 Å². The van der Waals surface area contributed by atoms with E-state index in [1.165, 1.54) is 6.92 Å². The van der Waals surface area contributed by atoms with Gasteiger partial charge in [0.15, 0.2) is 0 Å². The van der Waals surface area contributed by atoms with Crippen molar-refractivity contribution < 1.29 is 19.0 Å². The number of benzene rings is 2. The first-order valence-electron chi connectivity index (χ1n) is 9.10. The van der Waals surface area contributed by atoms with Crippen LogP contribution in [0, 0.1) is 0 Å². The van der Waals surface area contributed by atoms with Crippen molar-refractivity contribution in [3.05, 3.63) is 83.7 Å². The zero-order valence-corrected chi connectivity index (χ0v) is 16.4. The maximum Gasteiger partial charge on any atom is 0.304 e. The van der Waals surface area contributed by atoms with Crippen molar-refractivity contribution in [2.24, 2.45) is 4.99 Å².